The molecule has 0 N–H and O–H groups in total. The van der Waals surface area contributed by atoms with Crippen LogP contribution in [0.25, 0.3) is 0 Å². The van der Waals surface area contributed by atoms with E-state index in [0.717, 1.165) is 5.56 Å². The molecule has 1 aromatic carbocycles. The summed E-state index contributed by atoms with van der Waals surface area (Å²) >= 11 is 48.7. The zero-order valence-electron chi connectivity index (χ0n) is 16.3. The molecule has 0 radical (unpaired) electrons. The van der Waals surface area contributed by atoms with E-state index in [0.29, 0.717) is 17.5 Å². The van der Waals surface area contributed by atoms with Crippen LogP contribution in [0.3, 0.4) is 0 Å². The fourth-order valence-electron chi connectivity index (χ4n) is 2.96. The van der Waals surface area contributed by atoms with Gasteiger partial charge in [-0.05, 0) is 48.3 Å². The lowest BCUT2D eigenvalue weighted by molar-refractivity contribution is -0.310. The van der Waals surface area contributed by atoms with E-state index >= 15 is 0 Å². The van der Waals surface area contributed by atoms with Crippen molar-refractivity contribution >= 4 is 101 Å². The Balaban J connectivity index is 3.58. The number of benzene rings is 1. The Bertz CT molecular complexity index is 698. The summed E-state index contributed by atoms with van der Waals surface area (Å²) in [5.74, 6) is 0.0676. The van der Waals surface area contributed by atoms with Gasteiger partial charge in [0.1, 0.15) is 5.75 Å². The van der Waals surface area contributed by atoms with Gasteiger partial charge in [-0.3, -0.25) is 0 Å². The summed E-state index contributed by atoms with van der Waals surface area (Å²) in [4.78, 5) is 22.6. The minimum absolute atomic E-state index is 0.0676. The van der Waals surface area contributed by atoms with E-state index in [1.165, 1.54) is 0 Å². The summed E-state index contributed by atoms with van der Waals surface area (Å²) in [5.41, 5.74) is 1.55. The highest BCUT2D eigenvalue weighted by Crippen LogP contribution is 2.49. The first-order chi connectivity index (χ1) is 13.4. The SMILES string of the molecule is CC(C)(C)c1ccc(OP([O-])[O-])c(C(Cl)CCC(Cl)(Cl)Cl)c1C(Cl)CCC(Cl)(Cl)Cl. The van der Waals surface area contributed by atoms with Gasteiger partial charge in [0.25, 0.3) is 0 Å². The lowest BCUT2D eigenvalue weighted by atomic mass is 9.79. The number of rotatable bonds is 8. The van der Waals surface area contributed by atoms with Crippen molar-refractivity contribution < 1.29 is 14.3 Å². The summed E-state index contributed by atoms with van der Waals surface area (Å²) < 4.78 is 2.03. The zero-order valence-corrected chi connectivity index (χ0v) is 23.3. The van der Waals surface area contributed by atoms with E-state index in [-0.39, 0.29) is 30.4 Å². The average Bonchev–Trinajstić information content (AvgIpc) is 2.54. The van der Waals surface area contributed by atoms with Crippen LogP contribution in [0.4, 0.5) is 0 Å². The molecule has 0 spiro atoms. The van der Waals surface area contributed by atoms with Gasteiger partial charge in [-0.2, -0.15) is 0 Å². The van der Waals surface area contributed by atoms with Crippen molar-refractivity contribution in [1.82, 2.24) is 0 Å². The van der Waals surface area contributed by atoms with E-state index in [9.17, 15) is 9.79 Å². The molecule has 0 aliphatic rings. The van der Waals surface area contributed by atoms with Gasteiger partial charge >= 0.3 is 0 Å². The van der Waals surface area contributed by atoms with Crippen LogP contribution in [-0.4, -0.2) is 7.59 Å². The van der Waals surface area contributed by atoms with Crippen LogP contribution in [0.5, 0.6) is 5.75 Å². The van der Waals surface area contributed by atoms with Crippen LogP contribution in [0.2, 0.25) is 0 Å². The van der Waals surface area contributed by atoms with Gasteiger partial charge < -0.3 is 14.3 Å². The van der Waals surface area contributed by atoms with Crippen molar-refractivity contribution in [2.45, 2.75) is 70.2 Å². The molecule has 0 saturated heterocycles. The lowest BCUT2D eigenvalue weighted by Gasteiger charge is -2.35. The molecule has 2 unspecified atom stereocenters. The van der Waals surface area contributed by atoms with Crippen LogP contribution < -0.4 is 14.3 Å². The molecule has 174 valence electrons. The maximum Gasteiger partial charge on any atom is 0.190 e. The van der Waals surface area contributed by atoms with Gasteiger partial charge in [-0.15, -0.1) is 23.2 Å². The van der Waals surface area contributed by atoms with Crippen LogP contribution in [0.15, 0.2) is 12.1 Å². The third kappa shape index (κ3) is 10.3. The number of halogens is 8. The Morgan fingerprint density at radius 2 is 1.27 bits per heavy atom. The average molecular weight is 600 g/mol. The fraction of sp³-hybridized carbons (Fsp3) is 0.667. The van der Waals surface area contributed by atoms with E-state index < -0.39 is 26.9 Å². The summed E-state index contributed by atoms with van der Waals surface area (Å²) in [6.07, 6.45) is 0.847. The van der Waals surface area contributed by atoms with Crippen LogP contribution >= 0.6 is 101 Å². The molecule has 0 saturated carbocycles. The van der Waals surface area contributed by atoms with Crippen molar-refractivity contribution in [3.05, 3.63) is 28.8 Å². The molecule has 30 heavy (non-hydrogen) atoms. The maximum absolute atomic E-state index is 11.3. The molecule has 12 heteroatoms. The van der Waals surface area contributed by atoms with E-state index in [1.54, 1.807) is 12.1 Å². The molecule has 0 aromatic heterocycles. The first kappa shape index (κ1) is 29.7. The molecular weight excluding hydrogens is 579 g/mol. The number of alkyl halides is 8. The Morgan fingerprint density at radius 3 is 1.63 bits per heavy atom. The minimum Gasteiger partial charge on any atom is -0.810 e. The molecule has 2 atom stereocenters. The second-order valence-electron chi connectivity index (χ2n) is 7.75. The Hall–Kier alpha value is 1.69. The third-order valence-electron chi connectivity index (χ3n) is 4.22. The summed E-state index contributed by atoms with van der Waals surface area (Å²) in [5, 5.41) is -1.37. The van der Waals surface area contributed by atoms with Crippen LogP contribution in [0.1, 0.15) is 73.9 Å². The van der Waals surface area contributed by atoms with Crippen molar-refractivity contribution in [3.8, 4) is 5.75 Å². The van der Waals surface area contributed by atoms with E-state index in [2.05, 4.69) is 0 Å². The predicted molar refractivity (Wildman–Crippen MR) is 129 cm³/mol. The van der Waals surface area contributed by atoms with Crippen molar-refractivity contribution in [3.63, 3.8) is 0 Å². The first-order valence-corrected chi connectivity index (χ1v) is 13.1. The monoisotopic (exact) mass is 596 g/mol. The molecular formula is C18H21Cl8O3P-2. The highest BCUT2D eigenvalue weighted by Gasteiger charge is 2.32. The lowest BCUT2D eigenvalue weighted by Crippen LogP contribution is -2.20. The molecule has 1 aromatic rings. The summed E-state index contributed by atoms with van der Waals surface area (Å²) in [7, 11) is -3.19. The van der Waals surface area contributed by atoms with Gasteiger partial charge in [0.2, 0.25) is 0 Å². The van der Waals surface area contributed by atoms with Gasteiger partial charge in [-0.1, -0.05) is 105 Å². The topological polar surface area (TPSA) is 55.3 Å². The van der Waals surface area contributed by atoms with E-state index in [1.807, 2.05) is 20.8 Å². The fourth-order valence-corrected chi connectivity index (χ4v) is 4.61. The van der Waals surface area contributed by atoms with Gasteiger partial charge in [-0.25, -0.2) is 0 Å². The zero-order chi connectivity index (χ0) is 23.5. The Kier molecular flexibility index (Phi) is 11.8. The molecule has 0 amide bonds. The number of hydrogen-bond acceptors (Lipinski definition) is 3. The molecule has 1 rings (SSSR count). The van der Waals surface area contributed by atoms with Gasteiger partial charge in [0.15, 0.2) is 7.59 Å². The third-order valence-corrected chi connectivity index (χ3v) is 6.57. The molecule has 3 nitrogen and oxygen atoms in total. The Labute approximate surface area is 219 Å². The van der Waals surface area contributed by atoms with Crippen molar-refractivity contribution in [2.75, 3.05) is 0 Å². The van der Waals surface area contributed by atoms with Crippen molar-refractivity contribution in [1.29, 1.82) is 0 Å². The number of hydrogen-bond donors (Lipinski definition) is 0. The van der Waals surface area contributed by atoms with Crippen LogP contribution in [-0.2, 0) is 5.41 Å². The molecule has 0 bridgehead atoms. The highest BCUT2D eigenvalue weighted by molar-refractivity contribution is 7.36. The smallest absolute Gasteiger partial charge is 0.190 e. The summed E-state index contributed by atoms with van der Waals surface area (Å²) in [6.45, 7) is 5.98. The van der Waals surface area contributed by atoms with Crippen LogP contribution in [0, 0.1) is 0 Å². The quantitative estimate of drug-likeness (QED) is 0.224. The van der Waals surface area contributed by atoms with Gasteiger partial charge in [0.05, 0.1) is 10.8 Å². The molecule has 0 fully saturated rings. The molecule has 0 aliphatic carbocycles. The highest BCUT2D eigenvalue weighted by atomic mass is 35.6. The minimum atomic E-state index is -3.19. The largest absolute Gasteiger partial charge is 0.810 e. The van der Waals surface area contributed by atoms with Crippen molar-refractivity contribution in [2.24, 2.45) is 0 Å². The summed E-state index contributed by atoms with van der Waals surface area (Å²) in [6, 6.07) is 3.31. The second kappa shape index (κ2) is 11.9. The normalized spacial score (nSPS) is 15.4. The second-order valence-corrected chi connectivity index (χ2v) is 14.5. The first-order valence-electron chi connectivity index (χ1n) is 8.83. The predicted octanol–water partition coefficient (Wildman–Crippen LogP) is 8.17. The Morgan fingerprint density at radius 1 is 0.833 bits per heavy atom. The molecule has 0 heterocycles. The standard InChI is InChI=1S/C18H21Cl8O3P/c1-16(2,3)10-4-5-13(29-30(27)28)15(12(20)7-9-18(24,25)26)14(10)11(19)6-8-17(21,22)23/h4-5,11-12H,6-9H2,1-3H3/q-2. The van der Waals surface area contributed by atoms with E-state index in [4.69, 9.17) is 97.3 Å². The maximum atomic E-state index is 11.3. The molecule has 0 aliphatic heterocycles. The van der Waals surface area contributed by atoms with Gasteiger partial charge in [0, 0.05) is 5.56 Å².